The van der Waals surface area contributed by atoms with Gasteiger partial charge in [-0.15, -0.1) is 0 Å². The number of amides is 1. The second-order valence-corrected chi connectivity index (χ2v) is 6.50. The molecule has 1 aliphatic heterocycles. The van der Waals surface area contributed by atoms with Crippen molar-refractivity contribution in [2.24, 2.45) is 0 Å². The third-order valence-corrected chi connectivity index (χ3v) is 5.11. The molecule has 1 saturated heterocycles. The molecule has 2 rings (SSSR count). The summed E-state index contributed by atoms with van der Waals surface area (Å²) in [6.07, 6.45) is 0.559. The van der Waals surface area contributed by atoms with Crippen LogP contribution in [0.4, 0.5) is 0 Å². The predicted octanol–water partition coefficient (Wildman–Crippen LogP) is 2.31. The van der Waals surface area contributed by atoms with Crippen molar-refractivity contribution in [2.45, 2.75) is 25.4 Å². The van der Waals surface area contributed by atoms with Gasteiger partial charge in [-0.25, -0.2) is 0 Å². The molecule has 21 heavy (non-hydrogen) atoms. The van der Waals surface area contributed by atoms with E-state index in [0.717, 1.165) is 29.4 Å². The van der Waals surface area contributed by atoms with Crippen LogP contribution in [0.1, 0.15) is 24.9 Å². The van der Waals surface area contributed by atoms with Gasteiger partial charge in [0, 0.05) is 43.1 Å². The molecule has 1 amide bonds. The van der Waals surface area contributed by atoms with E-state index in [4.69, 9.17) is 4.74 Å². The van der Waals surface area contributed by atoms with Gasteiger partial charge in [0.1, 0.15) is 5.75 Å². The molecule has 0 aromatic heterocycles. The van der Waals surface area contributed by atoms with Gasteiger partial charge < -0.3 is 15.0 Å². The van der Waals surface area contributed by atoms with Gasteiger partial charge in [-0.3, -0.25) is 4.79 Å². The first-order valence-electron chi connectivity index (χ1n) is 7.33. The Morgan fingerprint density at radius 2 is 2.29 bits per heavy atom. The molecule has 2 atom stereocenters. The number of ether oxygens (including phenoxy) is 1. The fourth-order valence-corrected chi connectivity index (χ4v) is 3.49. The summed E-state index contributed by atoms with van der Waals surface area (Å²) in [4.78, 5) is 14.3. The largest absolute Gasteiger partial charge is 0.496 e. The fourth-order valence-electron chi connectivity index (χ4n) is 2.54. The third kappa shape index (κ3) is 4.14. The Balaban J connectivity index is 2.00. The molecule has 1 aromatic rings. The van der Waals surface area contributed by atoms with Gasteiger partial charge in [-0.2, -0.15) is 11.8 Å². The van der Waals surface area contributed by atoms with E-state index in [1.807, 2.05) is 54.9 Å². The van der Waals surface area contributed by atoms with Gasteiger partial charge in [0.15, 0.2) is 0 Å². The fraction of sp³-hybridized carbons (Fsp3) is 0.562. The number of nitrogens with one attached hydrogen (secondary N) is 1. The van der Waals surface area contributed by atoms with Crippen LogP contribution in [0.5, 0.6) is 5.75 Å². The molecule has 0 bridgehead atoms. The summed E-state index contributed by atoms with van der Waals surface area (Å²) in [7, 11) is 3.53. The van der Waals surface area contributed by atoms with Gasteiger partial charge >= 0.3 is 0 Å². The van der Waals surface area contributed by atoms with Crippen molar-refractivity contribution in [2.75, 3.05) is 32.2 Å². The summed E-state index contributed by atoms with van der Waals surface area (Å²) in [6.45, 7) is 3.03. The summed E-state index contributed by atoms with van der Waals surface area (Å²) in [5.41, 5.74) is 1.04. The zero-order valence-corrected chi connectivity index (χ0v) is 13.8. The molecule has 0 spiro atoms. The summed E-state index contributed by atoms with van der Waals surface area (Å²) in [6, 6.07) is 8.17. The van der Waals surface area contributed by atoms with E-state index in [9.17, 15) is 4.79 Å². The third-order valence-electron chi connectivity index (χ3n) is 3.98. The van der Waals surface area contributed by atoms with Crippen LogP contribution in [0.2, 0.25) is 0 Å². The molecule has 5 heteroatoms. The summed E-state index contributed by atoms with van der Waals surface area (Å²) in [5.74, 6) is 3.16. The maximum Gasteiger partial charge on any atom is 0.224 e. The van der Waals surface area contributed by atoms with Gasteiger partial charge in [-0.1, -0.05) is 18.2 Å². The van der Waals surface area contributed by atoms with Crippen molar-refractivity contribution in [1.29, 1.82) is 0 Å². The van der Waals surface area contributed by atoms with Crippen LogP contribution in [-0.2, 0) is 4.79 Å². The summed E-state index contributed by atoms with van der Waals surface area (Å²) < 4.78 is 5.39. The topological polar surface area (TPSA) is 41.6 Å². The van der Waals surface area contributed by atoms with Gasteiger partial charge in [0.25, 0.3) is 0 Å². The molecule has 0 aliphatic carbocycles. The van der Waals surface area contributed by atoms with Crippen molar-refractivity contribution in [3.63, 3.8) is 0 Å². The van der Waals surface area contributed by atoms with E-state index < -0.39 is 0 Å². The van der Waals surface area contributed by atoms with Crippen molar-refractivity contribution < 1.29 is 9.53 Å². The lowest BCUT2D eigenvalue weighted by molar-refractivity contribution is -0.132. The average Bonchev–Trinajstić information content (AvgIpc) is 2.54. The smallest absolute Gasteiger partial charge is 0.224 e. The van der Waals surface area contributed by atoms with Crippen LogP contribution >= 0.6 is 11.8 Å². The number of carbonyl (C=O) groups is 1. The zero-order chi connectivity index (χ0) is 15.2. The van der Waals surface area contributed by atoms with E-state index in [-0.39, 0.29) is 11.9 Å². The number of methoxy groups -OCH3 is 1. The van der Waals surface area contributed by atoms with E-state index >= 15 is 0 Å². The number of carbonyl (C=O) groups excluding carboxylic acids is 1. The lowest BCUT2D eigenvalue weighted by atomic mass is 10.1. The highest BCUT2D eigenvalue weighted by atomic mass is 32.2. The molecule has 1 aliphatic rings. The number of rotatable bonds is 5. The number of hydrogen-bond acceptors (Lipinski definition) is 4. The Morgan fingerprint density at radius 1 is 1.52 bits per heavy atom. The van der Waals surface area contributed by atoms with Gasteiger partial charge in [0.2, 0.25) is 5.91 Å². The highest BCUT2D eigenvalue weighted by molar-refractivity contribution is 7.99. The quantitative estimate of drug-likeness (QED) is 0.906. The Hall–Kier alpha value is -1.20. The van der Waals surface area contributed by atoms with Crippen LogP contribution < -0.4 is 10.1 Å². The number of para-hydroxylation sites is 1. The minimum absolute atomic E-state index is 0.00453. The Kier molecular flexibility index (Phi) is 5.94. The maximum absolute atomic E-state index is 12.5. The van der Waals surface area contributed by atoms with E-state index in [2.05, 4.69) is 5.32 Å². The molecular weight excluding hydrogens is 284 g/mol. The first kappa shape index (κ1) is 16.2. The van der Waals surface area contributed by atoms with Gasteiger partial charge in [-0.05, 0) is 13.0 Å². The van der Waals surface area contributed by atoms with E-state index in [1.54, 1.807) is 7.11 Å². The van der Waals surface area contributed by atoms with E-state index in [1.165, 1.54) is 0 Å². The maximum atomic E-state index is 12.5. The Morgan fingerprint density at radius 3 is 2.95 bits per heavy atom. The highest BCUT2D eigenvalue weighted by Gasteiger charge is 2.23. The van der Waals surface area contributed by atoms with Crippen molar-refractivity contribution in [3.8, 4) is 5.75 Å². The molecule has 1 heterocycles. The molecule has 0 radical (unpaired) electrons. The van der Waals surface area contributed by atoms with Crippen molar-refractivity contribution >= 4 is 17.7 Å². The Bertz CT molecular complexity index is 475. The summed E-state index contributed by atoms with van der Waals surface area (Å²) in [5, 5.41) is 3.41. The lowest BCUT2D eigenvalue weighted by Gasteiger charge is -2.29. The first-order chi connectivity index (χ1) is 10.1. The average molecular weight is 308 g/mol. The molecule has 4 nitrogen and oxygen atoms in total. The second-order valence-electron chi connectivity index (χ2n) is 5.35. The monoisotopic (exact) mass is 308 g/mol. The minimum atomic E-state index is 0.00453. The number of hydrogen-bond donors (Lipinski definition) is 1. The molecule has 2 unspecified atom stereocenters. The van der Waals surface area contributed by atoms with Crippen molar-refractivity contribution in [1.82, 2.24) is 10.2 Å². The van der Waals surface area contributed by atoms with Crippen LogP contribution in [-0.4, -0.2) is 49.1 Å². The number of thioether (sulfide) groups is 1. The normalized spacial score (nSPS) is 19.9. The van der Waals surface area contributed by atoms with Crippen molar-refractivity contribution in [3.05, 3.63) is 29.8 Å². The SMILES string of the molecule is COc1ccccc1C(C)N(C)C(=O)CC1CSCCN1. The molecule has 1 aromatic carbocycles. The minimum Gasteiger partial charge on any atom is -0.496 e. The van der Waals surface area contributed by atoms with Gasteiger partial charge in [0.05, 0.1) is 13.2 Å². The molecule has 0 saturated carbocycles. The first-order valence-corrected chi connectivity index (χ1v) is 8.48. The van der Waals surface area contributed by atoms with Crippen LogP contribution in [0, 0.1) is 0 Å². The number of nitrogens with zero attached hydrogens (tertiary/aromatic N) is 1. The summed E-state index contributed by atoms with van der Waals surface area (Å²) >= 11 is 1.91. The molecule has 1 fully saturated rings. The second kappa shape index (κ2) is 7.71. The highest BCUT2D eigenvalue weighted by Crippen LogP contribution is 2.28. The standard InChI is InChI=1S/C16H24N2O2S/c1-12(14-6-4-5-7-15(14)20-3)18(2)16(19)10-13-11-21-9-8-17-13/h4-7,12-13,17H,8-11H2,1-3H3. The Labute approximate surface area is 131 Å². The number of benzene rings is 1. The van der Waals surface area contributed by atoms with Crippen LogP contribution in [0.25, 0.3) is 0 Å². The zero-order valence-electron chi connectivity index (χ0n) is 13.0. The molecule has 116 valence electrons. The van der Waals surface area contributed by atoms with E-state index in [0.29, 0.717) is 12.5 Å². The molecular formula is C16H24N2O2S. The van der Waals surface area contributed by atoms with Crippen LogP contribution in [0.15, 0.2) is 24.3 Å². The predicted molar refractivity (Wildman–Crippen MR) is 87.9 cm³/mol. The molecule has 1 N–H and O–H groups in total. The van der Waals surface area contributed by atoms with Crippen LogP contribution in [0.3, 0.4) is 0 Å². The lowest BCUT2D eigenvalue weighted by Crippen LogP contribution is -2.42.